The Balaban J connectivity index is 2.41. The molecule has 1 aromatic rings. The van der Waals surface area contributed by atoms with Gasteiger partial charge in [-0.1, -0.05) is 19.1 Å². The average Bonchev–Trinajstić information content (AvgIpc) is 3.03. The Kier molecular flexibility index (Phi) is 4.40. The number of rotatable bonds is 5. The topological polar surface area (TPSA) is 51.0 Å². The van der Waals surface area contributed by atoms with Crippen molar-refractivity contribution in [2.24, 2.45) is 7.05 Å². The molecule has 1 aliphatic heterocycles. The molecule has 1 fully saturated rings. The van der Waals surface area contributed by atoms with Crippen molar-refractivity contribution in [3.63, 3.8) is 0 Å². The standard InChI is InChI=1S/C13H21BrN4O/c1-4-13(5-2,18-8-6-7-9-18)11(19)10-12(14)15-16-17(10)3/h4-9H2,1-3H3. The van der Waals surface area contributed by atoms with E-state index in [1.807, 2.05) is 0 Å². The molecule has 19 heavy (non-hydrogen) atoms. The predicted molar refractivity (Wildman–Crippen MR) is 77.2 cm³/mol. The highest BCUT2D eigenvalue weighted by atomic mass is 79.9. The van der Waals surface area contributed by atoms with Crippen LogP contribution in [0.2, 0.25) is 0 Å². The summed E-state index contributed by atoms with van der Waals surface area (Å²) in [4.78, 5) is 15.4. The highest BCUT2D eigenvalue weighted by Crippen LogP contribution is 2.33. The summed E-state index contributed by atoms with van der Waals surface area (Å²) in [5.74, 6) is 0.138. The van der Waals surface area contributed by atoms with Gasteiger partial charge in [0.2, 0.25) is 5.78 Å². The fourth-order valence-corrected chi connectivity index (χ4v) is 3.61. The van der Waals surface area contributed by atoms with Crippen LogP contribution in [0.3, 0.4) is 0 Å². The Morgan fingerprint density at radius 1 is 1.32 bits per heavy atom. The summed E-state index contributed by atoms with van der Waals surface area (Å²) in [6, 6.07) is 0. The van der Waals surface area contributed by atoms with E-state index in [2.05, 4.69) is 45.0 Å². The summed E-state index contributed by atoms with van der Waals surface area (Å²) in [6.45, 7) is 6.21. The molecular formula is C13H21BrN4O. The Bertz CT molecular complexity index is 442. The van der Waals surface area contributed by atoms with Crippen molar-refractivity contribution in [3.05, 3.63) is 10.3 Å². The second kappa shape index (κ2) is 5.71. The minimum absolute atomic E-state index is 0.138. The Labute approximate surface area is 122 Å². The lowest BCUT2D eigenvalue weighted by Crippen LogP contribution is -2.53. The molecule has 0 unspecified atom stereocenters. The van der Waals surface area contributed by atoms with Gasteiger partial charge in [-0.15, -0.1) is 5.10 Å². The van der Waals surface area contributed by atoms with E-state index in [1.54, 1.807) is 11.7 Å². The number of likely N-dealkylation sites (tertiary alicyclic amines) is 1. The molecule has 0 saturated carbocycles. The Morgan fingerprint density at radius 3 is 2.32 bits per heavy atom. The fourth-order valence-electron chi connectivity index (χ4n) is 3.10. The SMILES string of the molecule is CCC(CC)(C(=O)c1c(Br)nnn1C)N1CCCC1. The second-order valence-electron chi connectivity index (χ2n) is 5.11. The van der Waals surface area contributed by atoms with Crippen LogP contribution in [0.4, 0.5) is 0 Å². The lowest BCUT2D eigenvalue weighted by Gasteiger charge is -2.39. The molecule has 6 heteroatoms. The first-order valence-corrected chi connectivity index (χ1v) is 7.71. The number of aryl methyl sites for hydroxylation is 1. The van der Waals surface area contributed by atoms with Crippen LogP contribution >= 0.6 is 15.9 Å². The third kappa shape index (κ3) is 2.36. The maximum atomic E-state index is 13.0. The van der Waals surface area contributed by atoms with E-state index in [-0.39, 0.29) is 5.78 Å². The van der Waals surface area contributed by atoms with Crippen molar-refractivity contribution in [1.29, 1.82) is 0 Å². The quantitative estimate of drug-likeness (QED) is 0.779. The monoisotopic (exact) mass is 328 g/mol. The van der Waals surface area contributed by atoms with Gasteiger partial charge in [-0.3, -0.25) is 9.69 Å². The summed E-state index contributed by atoms with van der Waals surface area (Å²) in [5, 5.41) is 7.86. The van der Waals surface area contributed by atoms with E-state index in [9.17, 15) is 4.79 Å². The summed E-state index contributed by atoms with van der Waals surface area (Å²) >= 11 is 3.34. The number of hydrogen-bond donors (Lipinski definition) is 0. The number of carbonyl (C=O) groups is 1. The number of nitrogens with zero attached hydrogens (tertiary/aromatic N) is 4. The number of hydrogen-bond acceptors (Lipinski definition) is 4. The minimum atomic E-state index is -0.408. The van der Waals surface area contributed by atoms with Crippen molar-refractivity contribution in [2.75, 3.05) is 13.1 Å². The number of aromatic nitrogens is 3. The van der Waals surface area contributed by atoms with E-state index in [4.69, 9.17) is 0 Å². The molecule has 1 saturated heterocycles. The first-order valence-electron chi connectivity index (χ1n) is 6.91. The molecule has 0 aliphatic carbocycles. The van der Waals surface area contributed by atoms with Gasteiger partial charge >= 0.3 is 0 Å². The maximum Gasteiger partial charge on any atom is 0.203 e. The summed E-state index contributed by atoms with van der Waals surface area (Å²) in [5.41, 5.74) is 0.171. The summed E-state index contributed by atoms with van der Waals surface area (Å²) < 4.78 is 2.12. The van der Waals surface area contributed by atoms with E-state index >= 15 is 0 Å². The molecule has 5 nitrogen and oxygen atoms in total. The predicted octanol–water partition coefficient (Wildman–Crippen LogP) is 2.41. The van der Waals surface area contributed by atoms with Crippen LogP contribution in [0, 0.1) is 0 Å². The van der Waals surface area contributed by atoms with Gasteiger partial charge in [-0.2, -0.15) is 0 Å². The zero-order valence-corrected chi connectivity index (χ0v) is 13.4. The molecule has 0 bridgehead atoms. The van der Waals surface area contributed by atoms with Gasteiger partial charge in [0.05, 0.1) is 5.54 Å². The van der Waals surface area contributed by atoms with Crippen LogP contribution in [0.1, 0.15) is 50.0 Å². The van der Waals surface area contributed by atoms with E-state index in [0.29, 0.717) is 10.3 Å². The van der Waals surface area contributed by atoms with Crippen molar-refractivity contribution < 1.29 is 4.79 Å². The van der Waals surface area contributed by atoms with Gasteiger partial charge in [0.15, 0.2) is 4.60 Å². The fraction of sp³-hybridized carbons (Fsp3) is 0.769. The number of carbonyl (C=O) groups excluding carboxylic acids is 1. The van der Waals surface area contributed by atoms with Gasteiger partial charge < -0.3 is 0 Å². The Morgan fingerprint density at radius 2 is 1.89 bits per heavy atom. The van der Waals surface area contributed by atoms with Crippen LogP contribution in [-0.4, -0.2) is 44.3 Å². The first-order chi connectivity index (χ1) is 9.06. The third-order valence-electron chi connectivity index (χ3n) is 4.30. The smallest absolute Gasteiger partial charge is 0.203 e. The number of Topliss-reactive ketones (excluding diaryl/α,β-unsaturated/α-hetero) is 1. The highest BCUT2D eigenvalue weighted by molar-refractivity contribution is 9.10. The molecule has 0 amide bonds. The summed E-state index contributed by atoms with van der Waals surface area (Å²) in [7, 11) is 1.77. The zero-order chi connectivity index (χ0) is 14.0. The molecule has 0 spiro atoms. The zero-order valence-electron chi connectivity index (χ0n) is 11.8. The van der Waals surface area contributed by atoms with Gasteiger partial charge in [0.1, 0.15) is 5.69 Å². The number of ketones is 1. The molecule has 1 aliphatic rings. The van der Waals surface area contributed by atoms with Crippen LogP contribution in [0.15, 0.2) is 4.60 Å². The van der Waals surface area contributed by atoms with Crippen LogP contribution < -0.4 is 0 Å². The summed E-state index contributed by atoms with van der Waals surface area (Å²) in [6.07, 6.45) is 4.00. The first kappa shape index (κ1) is 14.7. The van der Waals surface area contributed by atoms with Crippen molar-refractivity contribution in [3.8, 4) is 0 Å². The normalized spacial score (nSPS) is 17.1. The van der Waals surface area contributed by atoms with Gasteiger partial charge in [-0.25, -0.2) is 4.68 Å². The largest absolute Gasteiger partial charge is 0.291 e. The minimum Gasteiger partial charge on any atom is -0.291 e. The second-order valence-corrected chi connectivity index (χ2v) is 5.87. The maximum absolute atomic E-state index is 13.0. The van der Waals surface area contributed by atoms with Crippen molar-refractivity contribution >= 4 is 21.7 Å². The molecule has 2 heterocycles. The van der Waals surface area contributed by atoms with E-state index in [0.717, 1.165) is 25.9 Å². The molecule has 0 aromatic carbocycles. The molecule has 0 radical (unpaired) electrons. The van der Waals surface area contributed by atoms with E-state index < -0.39 is 5.54 Å². The third-order valence-corrected chi connectivity index (χ3v) is 4.84. The van der Waals surface area contributed by atoms with E-state index in [1.165, 1.54) is 12.8 Å². The van der Waals surface area contributed by atoms with Crippen LogP contribution in [0.5, 0.6) is 0 Å². The Hall–Kier alpha value is -0.750. The van der Waals surface area contributed by atoms with Gasteiger partial charge in [-0.05, 0) is 54.7 Å². The lowest BCUT2D eigenvalue weighted by atomic mass is 9.84. The lowest BCUT2D eigenvalue weighted by molar-refractivity contribution is 0.0570. The molecule has 0 atom stereocenters. The molecule has 2 rings (SSSR count). The molecular weight excluding hydrogens is 308 g/mol. The molecule has 0 N–H and O–H groups in total. The van der Waals surface area contributed by atoms with Crippen LogP contribution in [0.25, 0.3) is 0 Å². The average molecular weight is 329 g/mol. The van der Waals surface area contributed by atoms with Gasteiger partial charge in [0, 0.05) is 7.05 Å². The number of halogens is 1. The van der Waals surface area contributed by atoms with Crippen molar-refractivity contribution in [2.45, 2.75) is 45.1 Å². The van der Waals surface area contributed by atoms with Crippen molar-refractivity contribution in [1.82, 2.24) is 19.9 Å². The van der Waals surface area contributed by atoms with Gasteiger partial charge in [0.25, 0.3) is 0 Å². The molecule has 1 aromatic heterocycles. The van der Waals surface area contributed by atoms with Crippen LogP contribution in [-0.2, 0) is 7.05 Å². The molecule has 106 valence electrons. The highest BCUT2D eigenvalue weighted by Gasteiger charge is 2.44.